The summed E-state index contributed by atoms with van der Waals surface area (Å²) in [4.78, 5) is 10.4. The summed E-state index contributed by atoms with van der Waals surface area (Å²) in [6.45, 7) is 9.19. The van der Waals surface area contributed by atoms with E-state index in [0.29, 0.717) is 0 Å². The third-order valence-electron chi connectivity index (χ3n) is 10.3. The van der Waals surface area contributed by atoms with Gasteiger partial charge in [0.1, 0.15) is 0 Å². The first-order valence-electron chi connectivity index (χ1n) is 15.5. The zero-order valence-corrected chi connectivity index (χ0v) is 25.4. The number of fused-ring (bicyclic) bond motifs is 9. The molecule has 2 aliphatic carbocycles. The molecule has 2 heteroatoms. The van der Waals surface area contributed by atoms with Gasteiger partial charge in [-0.3, -0.25) is 0 Å². The molecule has 210 valence electrons. The second-order valence-electron chi connectivity index (χ2n) is 13.5. The molecule has 44 heavy (non-hydrogen) atoms. The molecule has 9 rings (SSSR count). The Bertz CT molecular complexity index is 2170. The van der Waals surface area contributed by atoms with E-state index in [1.54, 1.807) is 0 Å². The van der Waals surface area contributed by atoms with Gasteiger partial charge < -0.3 is 0 Å². The maximum atomic E-state index is 5.22. The van der Waals surface area contributed by atoms with E-state index in [4.69, 9.17) is 9.97 Å². The summed E-state index contributed by atoms with van der Waals surface area (Å²) < 4.78 is 0. The highest BCUT2D eigenvalue weighted by molar-refractivity contribution is 6.09. The standard InChI is InChI=1S/C42H32N2/c1-41(2)33-11-7-5-9-31(33)39-35(41)19-21-37(43-39)27-15-17-29-25(23-27)13-14-26-24-28(16-18-30(26)29)38-22-20-36-40(44-38)32-10-6-8-12-34(32)42(36,3)4/h5-24H,1-4H3. The summed E-state index contributed by atoms with van der Waals surface area (Å²) in [6, 6.07) is 44.3. The molecular weight excluding hydrogens is 532 g/mol. The van der Waals surface area contributed by atoms with Crippen LogP contribution in [0.1, 0.15) is 49.9 Å². The van der Waals surface area contributed by atoms with Crippen molar-refractivity contribution in [3.05, 3.63) is 144 Å². The van der Waals surface area contributed by atoms with Crippen molar-refractivity contribution in [2.45, 2.75) is 38.5 Å². The second-order valence-corrected chi connectivity index (χ2v) is 13.5. The average molecular weight is 565 g/mol. The predicted octanol–water partition coefficient (Wildman–Crippen LogP) is 10.7. The minimum Gasteiger partial charge on any atom is -0.247 e. The van der Waals surface area contributed by atoms with Crippen molar-refractivity contribution in [1.29, 1.82) is 0 Å². The van der Waals surface area contributed by atoms with Crippen LogP contribution in [-0.4, -0.2) is 9.97 Å². The molecule has 0 amide bonds. The molecule has 0 N–H and O–H groups in total. The number of hydrogen-bond acceptors (Lipinski definition) is 2. The van der Waals surface area contributed by atoms with Gasteiger partial charge in [0, 0.05) is 33.1 Å². The summed E-state index contributed by atoms with van der Waals surface area (Å²) >= 11 is 0. The van der Waals surface area contributed by atoms with Crippen LogP contribution < -0.4 is 0 Å². The Morgan fingerprint density at radius 2 is 0.841 bits per heavy atom. The predicted molar refractivity (Wildman–Crippen MR) is 183 cm³/mol. The highest BCUT2D eigenvalue weighted by Gasteiger charge is 2.37. The van der Waals surface area contributed by atoms with Crippen molar-refractivity contribution < 1.29 is 0 Å². The normalized spacial score (nSPS) is 15.2. The van der Waals surface area contributed by atoms with Gasteiger partial charge in [0.15, 0.2) is 0 Å². The van der Waals surface area contributed by atoms with Crippen LogP contribution in [0.2, 0.25) is 0 Å². The smallest absolute Gasteiger partial charge is 0.0753 e. The van der Waals surface area contributed by atoms with Crippen LogP contribution in [0.25, 0.3) is 66.6 Å². The quantitative estimate of drug-likeness (QED) is 0.195. The molecular formula is C42H32N2. The summed E-state index contributed by atoms with van der Waals surface area (Å²) in [5, 5.41) is 4.95. The van der Waals surface area contributed by atoms with Crippen LogP contribution in [0.3, 0.4) is 0 Å². The van der Waals surface area contributed by atoms with E-state index in [0.717, 1.165) is 33.9 Å². The maximum absolute atomic E-state index is 5.22. The number of hydrogen-bond donors (Lipinski definition) is 0. The zero-order valence-electron chi connectivity index (χ0n) is 25.4. The molecule has 2 heterocycles. The van der Waals surface area contributed by atoms with Crippen molar-refractivity contribution in [3.63, 3.8) is 0 Å². The Hall–Kier alpha value is -5.08. The average Bonchev–Trinajstić information content (AvgIpc) is 3.43. The van der Waals surface area contributed by atoms with Gasteiger partial charge in [-0.05, 0) is 68.1 Å². The fourth-order valence-electron chi connectivity index (χ4n) is 7.81. The Morgan fingerprint density at radius 1 is 0.409 bits per heavy atom. The first kappa shape index (κ1) is 25.4. The summed E-state index contributed by atoms with van der Waals surface area (Å²) in [5.41, 5.74) is 14.3. The van der Waals surface area contributed by atoms with Crippen LogP contribution in [-0.2, 0) is 10.8 Å². The highest BCUT2D eigenvalue weighted by atomic mass is 14.7. The fraction of sp³-hybridized carbons (Fsp3) is 0.143. The molecule has 2 aromatic heterocycles. The van der Waals surface area contributed by atoms with Crippen molar-refractivity contribution >= 4 is 21.5 Å². The first-order chi connectivity index (χ1) is 21.3. The maximum Gasteiger partial charge on any atom is 0.0753 e. The van der Waals surface area contributed by atoms with E-state index in [1.165, 1.54) is 54.9 Å². The Morgan fingerprint density at radius 3 is 1.30 bits per heavy atom. The fourth-order valence-corrected chi connectivity index (χ4v) is 7.81. The van der Waals surface area contributed by atoms with E-state index >= 15 is 0 Å². The summed E-state index contributed by atoms with van der Waals surface area (Å²) in [7, 11) is 0. The van der Waals surface area contributed by atoms with E-state index in [1.807, 2.05) is 0 Å². The van der Waals surface area contributed by atoms with Gasteiger partial charge in [0.2, 0.25) is 0 Å². The van der Waals surface area contributed by atoms with Gasteiger partial charge in [-0.1, -0.05) is 125 Å². The third kappa shape index (κ3) is 3.43. The minimum atomic E-state index is -0.0327. The van der Waals surface area contributed by atoms with Crippen molar-refractivity contribution in [2.24, 2.45) is 0 Å². The Kier molecular flexibility index (Phi) is 5.05. The first-order valence-corrected chi connectivity index (χ1v) is 15.5. The van der Waals surface area contributed by atoms with Gasteiger partial charge >= 0.3 is 0 Å². The lowest BCUT2D eigenvalue weighted by atomic mass is 9.83. The van der Waals surface area contributed by atoms with Crippen LogP contribution in [0.15, 0.2) is 121 Å². The molecule has 0 atom stereocenters. The number of nitrogens with zero attached hydrogens (tertiary/aromatic N) is 2. The van der Waals surface area contributed by atoms with Gasteiger partial charge in [0.05, 0.1) is 22.8 Å². The second kappa shape index (κ2) is 8.74. The largest absolute Gasteiger partial charge is 0.247 e. The lowest BCUT2D eigenvalue weighted by molar-refractivity contribution is 0.659. The number of pyridine rings is 2. The zero-order chi connectivity index (χ0) is 29.8. The van der Waals surface area contributed by atoms with Gasteiger partial charge in [-0.15, -0.1) is 0 Å². The third-order valence-corrected chi connectivity index (χ3v) is 10.3. The van der Waals surface area contributed by atoms with Crippen molar-refractivity contribution in [2.75, 3.05) is 0 Å². The highest BCUT2D eigenvalue weighted by Crippen LogP contribution is 2.49. The van der Waals surface area contributed by atoms with E-state index < -0.39 is 0 Å². The molecule has 0 bridgehead atoms. The summed E-state index contributed by atoms with van der Waals surface area (Å²) in [6.07, 6.45) is 0. The molecule has 0 unspecified atom stereocenters. The molecule has 0 radical (unpaired) electrons. The molecule has 0 spiro atoms. The lowest BCUT2D eigenvalue weighted by Crippen LogP contribution is -2.14. The molecule has 2 aliphatic rings. The molecule has 5 aromatic carbocycles. The van der Waals surface area contributed by atoms with Crippen LogP contribution in [0, 0.1) is 0 Å². The van der Waals surface area contributed by atoms with Crippen LogP contribution in [0.4, 0.5) is 0 Å². The molecule has 0 saturated carbocycles. The minimum absolute atomic E-state index is 0.0327. The van der Waals surface area contributed by atoms with Crippen LogP contribution >= 0.6 is 0 Å². The van der Waals surface area contributed by atoms with Crippen LogP contribution in [0.5, 0.6) is 0 Å². The van der Waals surface area contributed by atoms with Gasteiger partial charge in [-0.2, -0.15) is 0 Å². The molecule has 0 fully saturated rings. The molecule has 2 nitrogen and oxygen atoms in total. The molecule has 0 saturated heterocycles. The number of rotatable bonds is 2. The SMILES string of the molecule is CC1(C)c2ccccc2-c2nc(-c3ccc4c(ccc5cc(-c6ccc7c(n6)-c6ccccc6C7(C)C)ccc54)c3)ccc21. The molecule has 7 aromatic rings. The van der Waals surface area contributed by atoms with Crippen molar-refractivity contribution in [3.8, 4) is 45.0 Å². The van der Waals surface area contributed by atoms with Crippen molar-refractivity contribution in [1.82, 2.24) is 9.97 Å². The Balaban J connectivity index is 1.10. The number of benzene rings is 5. The molecule has 0 aliphatic heterocycles. The topological polar surface area (TPSA) is 25.8 Å². The monoisotopic (exact) mass is 564 g/mol. The summed E-state index contributed by atoms with van der Waals surface area (Å²) in [5.74, 6) is 0. The van der Waals surface area contributed by atoms with Gasteiger partial charge in [-0.25, -0.2) is 9.97 Å². The number of aromatic nitrogens is 2. The Labute approximate surface area is 258 Å². The van der Waals surface area contributed by atoms with E-state index in [2.05, 4.69) is 149 Å². The lowest BCUT2D eigenvalue weighted by Gasteiger charge is -2.21. The van der Waals surface area contributed by atoms with E-state index in [9.17, 15) is 0 Å². The van der Waals surface area contributed by atoms with Gasteiger partial charge in [0.25, 0.3) is 0 Å². The van der Waals surface area contributed by atoms with E-state index in [-0.39, 0.29) is 10.8 Å².